The van der Waals surface area contributed by atoms with Crippen LogP contribution in [0.15, 0.2) is 57.8 Å². The second-order valence-electron chi connectivity index (χ2n) is 9.27. The number of nitrogen functional groups attached to an aromatic ring is 1. The number of hydrogen-bond donors (Lipinski definition) is 3. The molecule has 1 aromatic heterocycles. The van der Waals surface area contributed by atoms with Crippen molar-refractivity contribution in [2.75, 3.05) is 19.3 Å². The van der Waals surface area contributed by atoms with Gasteiger partial charge in [0.25, 0.3) is 0 Å². The second kappa shape index (κ2) is 9.29. The number of anilines is 1. The fourth-order valence-electron chi connectivity index (χ4n) is 4.03. The van der Waals surface area contributed by atoms with E-state index >= 15 is 0 Å². The lowest BCUT2D eigenvalue weighted by atomic mass is 9.92. The van der Waals surface area contributed by atoms with Gasteiger partial charge in [0, 0.05) is 54.8 Å². The predicted octanol–water partition coefficient (Wildman–Crippen LogP) is 4.15. The van der Waals surface area contributed by atoms with E-state index < -0.39 is 6.10 Å². The molecule has 1 atom stereocenters. The first-order chi connectivity index (χ1) is 16.2. The van der Waals surface area contributed by atoms with Gasteiger partial charge in [-0.15, -0.1) is 0 Å². The number of fused-ring (bicyclic) bond motifs is 3. The maximum Gasteiger partial charge on any atom is 0.166 e. The minimum atomic E-state index is -0.543. The summed E-state index contributed by atoms with van der Waals surface area (Å²) in [5.41, 5.74) is 23.8. The Balaban J connectivity index is 1.95. The highest BCUT2D eigenvalue weighted by Crippen LogP contribution is 2.45. The third kappa shape index (κ3) is 4.81. The molecular formula is C26H31FN6O. The summed E-state index contributed by atoms with van der Waals surface area (Å²) in [6.45, 7) is 4.72. The van der Waals surface area contributed by atoms with E-state index in [4.69, 9.17) is 26.9 Å². The van der Waals surface area contributed by atoms with Crippen LogP contribution in [0.2, 0.25) is 0 Å². The van der Waals surface area contributed by atoms with Crippen molar-refractivity contribution in [3.05, 3.63) is 70.3 Å². The van der Waals surface area contributed by atoms with Crippen LogP contribution < -0.4 is 21.9 Å². The zero-order valence-corrected chi connectivity index (χ0v) is 19.8. The van der Waals surface area contributed by atoms with E-state index in [1.165, 1.54) is 12.1 Å². The van der Waals surface area contributed by atoms with Gasteiger partial charge in [-0.1, -0.05) is 6.92 Å². The summed E-state index contributed by atoms with van der Waals surface area (Å²) in [7, 11) is 1.68. The number of pyridine rings is 1. The number of aliphatic imine (C=N–C) groups is 2. The Morgan fingerprint density at radius 2 is 2.03 bits per heavy atom. The van der Waals surface area contributed by atoms with Crippen LogP contribution >= 0.6 is 0 Å². The van der Waals surface area contributed by atoms with Crippen molar-refractivity contribution >= 4 is 23.4 Å². The Morgan fingerprint density at radius 3 is 2.71 bits per heavy atom. The van der Waals surface area contributed by atoms with Gasteiger partial charge < -0.3 is 21.9 Å². The van der Waals surface area contributed by atoms with Crippen molar-refractivity contribution in [2.24, 2.45) is 26.9 Å². The van der Waals surface area contributed by atoms with Crippen LogP contribution in [0, 0.1) is 11.2 Å². The molecule has 1 fully saturated rings. The summed E-state index contributed by atoms with van der Waals surface area (Å²) in [5, 5.41) is 0. The lowest BCUT2D eigenvalue weighted by Crippen LogP contribution is -2.17. The normalized spacial score (nSPS) is 22.3. The van der Waals surface area contributed by atoms with Crippen molar-refractivity contribution in [1.29, 1.82) is 0 Å². The number of rotatable bonds is 3. The molecule has 2 heterocycles. The van der Waals surface area contributed by atoms with Gasteiger partial charge in [-0.05, 0) is 66.8 Å². The summed E-state index contributed by atoms with van der Waals surface area (Å²) >= 11 is 0. The molecule has 1 aliphatic carbocycles. The summed E-state index contributed by atoms with van der Waals surface area (Å²) in [5.74, 6) is 0.241. The standard InChI is InChI=1S/C26H31FN6O/c1-15-21-10-19(27)4-5-20(21)23(29)17(12-31-3)8-16(11-28)24(33-14-26(2)6-7-26)18-9-22(34-15)25(30)32-13-18/h4-5,9-13,15H,6-8,14,28-29H2,1-3H3,(H2,30,32)/t15-/m1/s1. The molecule has 34 heavy (non-hydrogen) atoms. The summed E-state index contributed by atoms with van der Waals surface area (Å²) in [4.78, 5) is 13.5. The van der Waals surface area contributed by atoms with Crippen molar-refractivity contribution in [3.8, 4) is 5.75 Å². The molecule has 1 aromatic carbocycles. The molecule has 4 rings (SSSR count). The Hall–Kier alpha value is -3.68. The van der Waals surface area contributed by atoms with Crippen LogP contribution in [-0.4, -0.2) is 30.5 Å². The number of hydrogen-bond acceptors (Lipinski definition) is 7. The maximum atomic E-state index is 14.2. The summed E-state index contributed by atoms with van der Waals surface area (Å²) in [6, 6.07) is 6.28. The first-order valence-corrected chi connectivity index (χ1v) is 11.3. The van der Waals surface area contributed by atoms with Crippen molar-refractivity contribution in [3.63, 3.8) is 0 Å². The molecule has 0 radical (unpaired) electrons. The van der Waals surface area contributed by atoms with Crippen molar-refractivity contribution in [1.82, 2.24) is 4.98 Å². The molecule has 2 aromatic rings. The van der Waals surface area contributed by atoms with Gasteiger partial charge in [0.2, 0.25) is 0 Å². The van der Waals surface area contributed by atoms with Crippen LogP contribution in [0.1, 0.15) is 55.9 Å². The third-order valence-corrected chi connectivity index (χ3v) is 6.44. The average Bonchev–Trinajstić information content (AvgIpc) is 3.55. The highest BCUT2D eigenvalue weighted by atomic mass is 19.1. The molecule has 1 saturated carbocycles. The van der Waals surface area contributed by atoms with E-state index in [0.29, 0.717) is 35.5 Å². The molecule has 178 valence electrons. The minimum absolute atomic E-state index is 0.205. The van der Waals surface area contributed by atoms with Gasteiger partial charge in [0.1, 0.15) is 11.9 Å². The number of nitrogens with two attached hydrogens (primary N) is 3. The van der Waals surface area contributed by atoms with Crippen LogP contribution in [0.25, 0.3) is 5.70 Å². The van der Waals surface area contributed by atoms with Crippen LogP contribution in [-0.2, 0) is 0 Å². The van der Waals surface area contributed by atoms with Gasteiger partial charge in [-0.3, -0.25) is 9.98 Å². The van der Waals surface area contributed by atoms with Crippen molar-refractivity contribution in [2.45, 2.75) is 39.2 Å². The van der Waals surface area contributed by atoms with E-state index in [9.17, 15) is 4.39 Å². The Kier molecular flexibility index (Phi) is 6.41. The number of nitrogens with zero attached hydrogens (tertiary/aromatic N) is 3. The maximum absolute atomic E-state index is 14.2. The largest absolute Gasteiger partial charge is 0.482 e. The second-order valence-corrected chi connectivity index (χ2v) is 9.27. The highest BCUT2D eigenvalue weighted by Gasteiger charge is 2.37. The monoisotopic (exact) mass is 462 g/mol. The molecule has 2 bridgehead atoms. The summed E-state index contributed by atoms with van der Waals surface area (Å²) < 4.78 is 20.4. The van der Waals surface area contributed by atoms with Gasteiger partial charge >= 0.3 is 0 Å². The van der Waals surface area contributed by atoms with Crippen LogP contribution in [0.4, 0.5) is 10.2 Å². The van der Waals surface area contributed by atoms with E-state index in [-0.39, 0.29) is 17.1 Å². The third-order valence-electron chi connectivity index (χ3n) is 6.44. The molecule has 8 heteroatoms. The zero-order chi connectivity index (χ0) is 24.5. The molecule has 2 aliphatic rings. The molecule has 0 spiro atoms. The quantitative estimate of drug-likeness (QED) is 0.591. The number of aromatic nitrogens is 1. The van der Waals surface area contributed by atoms with E-state index in [0.717, 1.165) is 35.3 Å². The molecule has 7 nitrogen and oxygen atoms in total. The fraction of sp³-hybridized carbons (Fsp3) is 0.346. The fourth-order valence-corrected chi connectivity index (χ4v) is 4.03. The molecule has 0 amide bonds. The van der Waals surface area contributed by atoms with E-state index in [2.05, 4.69) is 16.9 Å². The van der Waals surface area contributed by atoms with Crippen LogP contribution in [0.3, 0.4) is 0 Å². The molecule has 0 saturated heterocycles. The minimum Gasteiger partial charge on any atom is -0.482 e. The van der Waals surface area contributed by atoms with Gasteiger partial charge in [-0.25, -0.2) is 9.37 Å². The lowest BCUT2D eigenvalue weighted by molar-refractivity contribution is 0.226. The lowest BCUT2D eigenvalue weighted by Gasteiger charge is -2.23. The number of halogens is 1. The summed E-state index contributed by atoms with van der Waals surface area (Å²) in [6.07, 6.45) is 7.05. The first kappa shape index (κ1) is 23.5. The van der Waals surface area contributed by atoms with Crippen molar-refractivity contribution < 1.29 is 9.13 Å². The molecule has 0 unspecified atom stereocenters. The molecular weight excluding hydrogens is 431 g/mol. The topological polar surface area (TPSA) is 125 Å². The number of benzene rings is 1. The SMILES string of the molecule is CN=CC1=C(N)c2ccc(F)cc2[C@@H](C)Oc2cc(cnc2N)C(=NCC2(C)CC2)C(=CN)C1. The number of ether oxygens (including phenoxy) is 1. The van der Waals surface area contributed by atoms with E-state index in [1.807, 2.05) is 13.0 Å². The van der Waals surface area contributed by atoms with Gasteiger partial charge in [0.05, 0.1) is 5.71 Å². The molecule has 6 N–H and O–H groups in total. The Labute approximate surface area is 199 Å². The smallest absolute Gasteiger partial charge is 0.166 e. The average molecular weight is 463 g/mol. The highest BCUT2D eigenvalue weighted by molar-refractivity contribution is 6.14. The van der Waals surface area contributed by atoms with Gasteiger partial charge in [-0.2, -0.15) is 0 Å². The molecule has 1 aliphatic heterocycles. The Bertz CT molecular complexity index is 1230. The first-order valence-electron chi connectivity index (χ1n) is 11.3. The van der Waals surface area contributed by atoms with E-state index in [1.54, 1.807) is 31.7 Å². The Morgan fingerprint density at radius 1 is 1.26 bits per heavy atom. The van der Waals surface area contributed by atoms with Crippen LogP contribution in [0.5, 0.6) is 5.75 Å². The zero-order valence-electron chi connectivity index (χ0n) is 19.8. The predicted molar refractivity (Wildman–Crippen MR) is 135 cm³/mol. The van der Waals surface area contributed by atoms with Gasteiger partial charge in [0.15, 0.2) is 11.6 Å². The number of allylic oxidation sites excluding steroid dienone is 2.